The molecular formula is C18H28ClN3O2S. The molecule has 1 fully saturated rings. The van der Waals surface area contributed by atoms with Crippen LogP contribution in [0.4, 0.5) is 5.69 Å². The predicted molar refractivity (Wildman–Crippen MR) is 108 cm³/mol. The fourth-order valence-electron chi connectivity index (χ4n) is 2.69. The van der Waals surface area contributed by atoms with Gasteiger partial charge in [-0.1, -0.05) is 17.7 Å². The number of halogens is 1. The van der Waals surface area contributed by atoms with Gasteiger partial charge in [0.05, 0.1) is 11.0 Å². The molecule has 0 aromatic heterocycles. The minimum absolute atomic E-state index is 0. The predicted octanol–water partition coefficient (Wildman–Crippen LogP) is 2.73. The molecule has 0 spiro atoms. The van der Waals surface area contributed by atoms with Crippen molar-refractivity contribution in [2.75, 3.05) is 17.6 Å². The summed E-state index contributed by atoms with van der Waals surface area (Å²) in [6.45, 7) is 6.92. The van der Waals surface area contributed by atoms with E-state index in [9.17, 15) is 9.59 Å². The molecule has 3 N–H and O–H groups in total. The standard InChI is InChI=1S/C18H27N3O2S.ClH/c1-12-4-6-15(7-5-12)20-17(22)11-24-14(3)18(23)21-16-8-9-19-13(2)10-16;/h4-7,13-14,16,19H,8-11H2,1-3H3,(H,20,22)(H,21,23);1H. The van der Waals surface area contributed by atoms with Crippen LogP contribution in [0, 0.1) is 6.92 Å². The van der Waals surface area contributed by atoms with E-state index < -0.39 is 0 Å². The monoisotopic (exact) mass is 385 g/mol. The first-order chi connectivity index (χ1) is 11.4. The Kier molecular flexibility index (Phi) is 9.32. The molecule has 3 atom stereocenters. The highest BCUT2D eigenvalue weighted by Gasteiger charge is 2.23. The molecule has 0 aliphatic carbocycles. The summed E-state index contributed by atoms with van der Waals surface area (Å²) in [6.07, 6.45) is 1.92. The number of piperidine rings is 1. The van der Waals surface area contributed by atoms with E-state index in [-0.39, 0.29) is 41.3 Å². The van der Waals surface area contributed by atoms with Crippen LogP contribution in [0.25, 0.3) is 0 Å². The lowest BCUT2D eigenvalue weighted by Gasteiger charge is -2.29. The summed E-state index contributed by atoms with van der Waals surface area (Å²) >= 11 is 1.36. The van der Waals surface area contributed by atoms with Crippen molar-refractivity contribution in [2.45, 2.75) is 50.9 Å². The van der Waals surface area contributed by atoms with Crippen LogP contribution >= 0.6 is 24.2 Å². The number of amides is 2. The van der Waals surface area contributed by atoms with E-state index in [2.05, 4.69) is 22.9 Å². The van der Waals surface area contributed by atoms with Crippen LogP contribution in [0.1, 0.15) is 32.3 Å². The highest BCUT2D eigenvalue weighted by Crippen LogP contribution is 2.15. The third-order valence-corrected chi connectivity index (χ3v) is 5.28. The molecule has 140 valence electrons. The highest BCUT2D eigenvalue weighted by molar-refractivity contribution is 8.01. The average Bonchev–Trinajstić information content (AvgIpc) is 2.54. The number of nitrogens with one attached hydrogen (secondary N) is 3. The molecule has 1 heterocycles. The number of thioether (sulfide) groups is 1. The van der Waals surface area contributed by atoms with Gasteiger partial charge >= 0.3 is 0 Å². The zero-order valence-electron chi connectivity index (χ0n) is 15.0. The van der Waals surface area contributed by atoms with Crippen LogP contribution < -0.4 is 16.0 Å². The number of carbonyl (C=O) groups excluding carboxylic acids is 2. The van der Waals surface area contributed by atoms with Crippen LogP contribution in [-0.2, 0) is 9.59 Å². The lowest BCUT2D eigenvalue weighted by molar-refractivity contribution is -0.121. The fraction of sp³-hybridized carbons (Fsp3) is 0.556. The van der Waals surface area contributed by atoms with E-state index in [4.69, 9.17) is 0 Å². The van der Waals surface area contributed by atoms with Gasteiger partial charge in [-0.05, 0) is 52.3 Å². The second-order valence-electron chi connectivity index (χ2n) is 6.45. The number of benzene rings is 1. The van der Waals surface area contributed by atoms with Crippen molar-refractivity contribution in [3.05, 3.63) is 29.8 Å². The van der Waals surface area contributed by atoms with Gasteiger partial charge in [-0.3, -0.25) is 9.59 Å². The first-order valence-corrected chi connectivity index (χ1v) is 9.51. The van der Waals surface area contributed by atoms with Crippen molar-refractivity contribution in [2.24, 2.45) is 0 Å². The molecule has 25 heavy (non-hydrogen) atoms. The van der Waals surface area contributed by atoms with E-state index in [0.29, 0.717) is 6.04 Å². The Morgan fingerprint density at radius 2 is 2.00 bits per heavy atom. The summed E-state index contributed by atoms with van der Waals surface area (Å²) in [7, 11) is 0. The van der Waals surface area contributed by atoms with E-state index >= 15 is 0 Å². The van der Waals surface area contributed by atoms with Gasteiger partial charge < -0.3 is 16.0 Å². The SMILES string of the molecule is Cc1ccc(NC(=O)CSC(C)C(=O)NC2CCNC(C)C2)cc1.Cl. The van der Waals surface area contributed by atoms with E-state index in [1.54, 1.807) is 0 Å². The molecule has 7 heteroatoms. The summed E-state index contributed by atoms with van der Waals surface area (Å²) in [5, 5.41) is 9.08. The molecule has 0 radical (unpaired) electrons. The second kappa shape index (κ2) is 10.7. The normalized spacial score (nSPS) is 20.9. The van der Waals surface area contributed by atoms with Gasteiger partial charge in [0.25, 0.3) is 0 Å². The number of anilines is 1. The Morgan fingerprint density at radius 3 is 2.64 bits per heavy atom. The van der Waals surface area contributed by atoms with E-state index in [1.807, 2.05) is 38.1 Å². The summed E-state index contributed by atoms with van der Waals surface area (Å²) in [6, 6.07) is 8.35. The molecule has 1 aliphatic rings. The minimum atomic E-state index is -0.237. The highest BCUT2D eigenvalue weighted by atomic mass is 35.5. The third-order valence-electron chi connectivity index (χ3n) is 4.14. The number of hydrogen-bond donors (Lipinski definition) is 3. The Bertz CT molecular complexity index is 568. The summed E-state index contributed by atoms with van der Waals surface area (Å²) in [4.78, 5) is 24.2. The molecule has 1 aromatic rings. The van der Waals surface area contributed by atoms with Crippen LogP contribution in [0.3, 0.4) is 0 Å². The quantitative estimate of drug-likeness (QED) is 0.704. The average molecular weight is 386 g/mol. The van der Waals surface area contributed by atoms with Crippen LogP contribution in [-0.4, -0.2) is 41.4 Å². The van der Waals surface area contributed by atoms with Gasteiger partial charge in [-0.25, -0.2) is 0 Å². The number of carbonyl (C=O) groups is 2. The smallest absolute Gasteiger partial charge is 0.234 e. The molecule has 1 saturated heterocycles. The van der Waals surface area contributed by atoms with Crippen molar-refractivity contribution in [1.29, 1.82) is 0 Å². The topological polar surface area (TPSA) is 70.2 Å². The number of rotatable bonds is 6. The zero-order chi connectivity index (χ0) is 17.5. The first kappa shape index (κ1) is 21.8. The van der Waals surface area contributed by atoms with E-state index in [1.165, 1.54) is 11.8 Å². The summed E-state index contributed by atoms with van der Waals surface area (Å²) < 4.78 is 0. The Labute approximate surface area is 160 Å². The lowest BCUT2D eigenvalue weighted by Crippen LogP contribution is -2.48. The molecule has 0 saturated carbocycles. The van der Waals surface area contributed by atoms with Crippen molar-refractivity contribution in [1.82, 2.24) is 10.6 Å². The van der Waals surface area contributed by atoms with Gasteiger partial charge in [-0.2, -0.15) is 0 Å². The van der Waals surface area contributed by atoms with Crippen molar-refractivity contribution >= 4 is 41.7 Å². The Hall–Kier alpha value is -1.24. The molecule has 3 unspecified atom stereocenters. The number of aryl methyl sites for hydroxylation is 1. The molecule has 5 nitrogen and oxygen atoms in total. The minimum Gasteiger partial charge on any atom is -0.352 e. The molecule has 0 bridgehead atoms. The van der Waals surface area contributed by atoms with Crippen molar-refractivity contribution < 1.29 is 9.59 Å². The summed E-state index contributed by atoms with van der Waals surface area (Å²) in [5.41, 5.74) is 1.94. The van der Waals surface area contributed by atoms with Gasteiger partial charge in [0.15, 0.2) is 0 Å². The molecule has 1 aliphatic heterocycles. The zero-order valence-corrected chi connectivity index (χ0v) is 16.6. The maximum Gasteiger partial charge on any atom is 0.234 e. The number of hydrogen-bond acceptors (Lipinski definition) is 4. The molecular weight excluding hydrogens is 358 g/mol. The first-order valence-electron chi connectivity index (χ1n) is 8.46. The third kappa shape index (κ3) is 7.67. The second-order valence-corrected chi connectivity index (χ2v) is 7.78. The fourth-order valence-corrected chi connectivity index (χ4v) is 3.38. The van der Waals surface area contributed by atoms with E-state index in [0.717, 1.165) is 30.6 Å². The maximum absolute atomic E-state index is 12.2. The van der Waals surface area contributed by atoms with Crippen molar-refractivity contribution in [3.8, 4) is 0 Å². The van der Waals surface area contributed by atoms with Crippen molar-refractivity contribution in [3.63, 3.8) is 0 Å². The van der Waals surface area contributed by atoms with Gasteiger partial charge in [0.2, 0.25) is 11.8 Å². The summed E-state index contributed by atoms with van der Waals surface area (Å²) in [5.74, 6) is 0.201. The lowest BCUT2D eigenvalue weighted by atomic mass is 10.0. The van der Waals surface area contributed by atoms with Crippen LogP contribution in [0.2, 0.25) is 0 Å². The van der Waals surface area contributed by atoms with Gasteiger partial charge in [-0.15, -0.1) is 24.2 Å². The molecule has 2 amide bonds. The van der Waals surface area contributed by atoms with Crippen LogP contribution in [0.15, 0.2) is 24.3 Å². The van der Waals surface area contributed by atoms with Gasteiger partial charge in [0, 0.05) is 17.8 Å². The molecule has 1 aromatic carbocycles. The van der Waals surface area contributed by atoms with Gasteiger partial charge in [0.1, 0.15) is 0 Å². The van der Waals surface area contributed by atoms with Crippen LogP contribution in [0.5, 0.6) is 0 Å². The Balaban J connectivity index is 0.00000312. The molecule has 2 rings (SSSR count). The Morgan fingerprint density at radius 1 is 1.32 bits per heavy atom. The maximum atomic E-state index is 12.2. The largest absolute Gasteiger partial charge is 0.352 e.